The summed E-state index contributed by atoms with van der Waals surface area (Å²) in [5.41, 5.74) is 1.74. The third-order valence-corrected chi connectivity index (χ3v) is 2.72. The summed E-state index contributed by atoms with van der Waals surface area (Å²) in [5, 5.41) is 8.90. The number of carbonyl (C=O) groups is 2. The zero-order chi connectivity index (χ0) is 14.5. The highest BCUT2D eigenvalue weighted by atomic mass is 16.5. The number of likely N-dealkylation sites (N-methyl/N-ethyl adjacent to an activating group) is 1. The molecule has 1 aromatic carbocycles. The number of amides is 2. The van der Waals surface area contributed by atoms with Gasteiger partial charge in [0.1, 0.15) is 5.76 Å². The Balaban J connectivity index is 2.00. The van der Waals surface area contributed by atoms with E-state index >= 15 is 0 Å². The predicted molar refractivity (Wildman–Crippen MR) is 73.4 cm³/mol. The molecule has 0 aliphatic heterocycles. The second kappa shape index (κ2) is 6.01. The SMILES string of the molecule is CNC(=O)Cc1ccc(NC(=O)c2cc(C)on2)cc1. The van der Waals surface area contributed by atoms with E-state index in [0.29, 0.717) is 17.9 Å². The van der Waals surface area contributed by atoms with Crippen LogP contribution in [0.2, 0.25) is 0 Å². The van der Waals surface area contributed by atoms with E-state index in [9.17, 15) is 9.59 Å². The highest BCUT2D eigenvalue weighted by Crippen LogP contribution is 2.12. The van der Waals surface area contributed by atoms with Crippen LogP contribution in [0.3, 0.4) is 0 Å². The van der Waals surface area contributed by atoms with Crippen LogP contribution in [-0.4, -0.2) is 24.0 Å². The molecule has 6 nitrogen and oxygen atoms in total. The van der Waals surface area contributed by atoms with Crippen molar-refractivity contribution < 1.29 is 14.1 Å². The first-order valence-corrected chi connectivity index (χ1v) is 6.12. The Morgan fingerprint density at radius 2 is 1.95 bits per heavy atom. The minimum atomic E-state index is -0.332. The second-order valence-corrected chi connectivity index (χ2v) is 4.32. The van der Waals surface area contributed by atoms with Gasteiger partial charge in [-0.2, -0.15) is 0 Å². The number of benzene rings is 1. The maximum Gasteiger partial charge on any atom is 0.277 e. The summed E-state index contributed by atoms with van der Waals surface area (Å²) in [4.78, 5) is 23.1. The molecule has 1 aromatic heterocycles. The molecule has 0 unspecified atom stereocenters. The number of nitrogens with zero attached hydrogens (tertiary/aromatic N) is 1. The van der Waals surface area contributed by atoms with Crippen LogP contribution in [0, 0.1) is 6.92 Å². The van der Waals surface area contributed by atoms with Crippen LogP contribution in [0.4, 0.5) is 5.69 Å². The predicted octanol–water partition coefficient (Wildman–Crippen LogP) is 1.52. The van der Waals surface area contributed by atoms with Gasteiger partial charge in [0.2, 0.25) is 5.91 Å². The van der Waals surface area contributed by atoms with Crippen molar-refractivity contribution in [3.05, 3.63) is 47.3 Å². The third-order valence-electron chi connectivity index (χ3n) is 2.72. The lowest BCUT2D eigenvalue weighted by atomic mass is 10.1. The minimum Gasteiger partial charge on any atom is -0.361 e. The Hall–Kier alpha value is -2.63. The third kappa shape index (κ3) is 3.44. The molecule has 2 amide bonds. The molecule has 104 valence electrons. The number of aryl methyl sites for hydroxylation is 1. The van der Waals surface area contributed by atoms with E-state index < -0.39 is 0 Å². The Morgan fingerprint density at radius 1 is 1.25 bits per heavy atom. The van der Waals surface area contributed by atoms with Crippen molar-refractivity contribution in [3.63, 3.8) is 0 Å². The zero-order valence-electron chi connectivity index (χ0n) is 11.3. The Kier molecular flexibility index (Phi) is 4.14. The van der Waals surface area contributed by atoms with E-state index in [-0.39, 0.29) is 17.5 Å². The van der Waals surface area contributed by atoms with Gasteiger partial charge in [-0.25, -0.2) is 0 Å². The van der Waals surface area contributed by atoms with Gasteiger partial charge < -0.3 is 15.2 Å². The van der Waals surface area contributed by atoms with Crippen molar-refractivity contribution in [3.8, 4) is 0 Å². The number of nitrogens with one attached hydrogen (secondary N) is 2. The molecule has 2 N–H and O–H groups in total. The lowest BCUT2D eigenvalue weighted by Crippen LogP contribution is -2.19. The topological polar surface area (TPSA) is 84.2 Å². The molecule has 0 atom stereocenters. The van der Waals surface area contributed by atoms with E-state index in [1.165, 1.54) is 0 Å². The standard InChI is InChI=1S/C14H15N3O3/c1-9-7-12(17-20-9)14(19)16-11-5-3-10(4-6-11)8-13(18)15-2/h3-7H,8H2,1-2H3,(H,15,18)(H,16,19). The molecule has 0 aliphatic rings. The Labute approximate surface area is 116 Å². The van der Waals surface area contributed by atoms with Gasteiger partial charge in [0, 0.05) is 18.8 Å². The molecule has 0 spiro atoms. The number of carbonyl (C=O) groups excluding carboxylic acids is 2. The largest absolute Gasteiger partial charge is 0.361 e. The van der Waals surface area contributed by atoms with Crippen molar-refractivity contribution in [2.45, 2.75) is 13.3 Å². The first-order chi connectivity index (χ1) is 9.58. The van der Waals surface area contributed by atoms with E-state index in [4.69, 9.17) is 4.52 Å². The van der Waals surface area contributed by atoms with Gasteiger partial charge in [0.15, 0.2) is 5.69 Å². The van der Waals surface area contributed by atoms with Gasteiger partial charge >= 0.3 is 0 Å². The summed E-state index contributed by atoms with van der Waals surface area (Å²) in [5.74, 6) is 0.192. The van der Waals surface area contributed by atoms with Crippen molar-refractivity contribution in [1.29, 1.82) is 0 Å². The number of rotatable bonds is 4. The molecule has 0 aliphatic carbocycles. The molecular formula is C14H15N3O3. The van der Waals surface area contributed by atoms with Crippen molar-refractivity contribution in [2.75, 3.05) is 12.4 Å². The van der Waals surface area contributed by atoms with Crippen molar-refractivity contribution in [2.24, 2.45) is 0 Å². The Morgan fingerprint density at radius 3 is 2.50 bits per heavy atom. The molecule has 6 heteroatoms. The lowest BCUT2D eigenvalue weighted by Gasteiger charge is -2.04. The van der Waals surface area contributed by atoms with Gasteiger partial charge in [-0.05, 0) is 24.6 Å². The Bertz CT molecular complexity index is 617. The molecule has 20 heavy (non-hydrogen) atoms. The summed E-state index contributed by atoms with van der Waals surface area (Å²) in [6.45, 7) is 1.72. The first-order valence-electron chi connectivity index (χ1n) is 6.12. The van der Waals surface area contributed by atoms with Crippen LogP contribution in [0.1, 0.15) is 21.8 Å². The first kappa shape index (κ1) is 13.8. The van der Waals surface area contributed by atoms with Crippen LogP contribution in [0.15, 0.2) is 34.9 Å². The molecule has 0 fully saturated rings. The number of hydrogen-bond acceptors (Lipinski definition) is 4. The fourth-order valence-corrected chi connectivity index (χ4v) is 1.65. The number of aromatic nitrogens is 1. The second-order valence-electron chi connectivity index (χ2n) is 4.32. The number of hydrogen-bond donors (Lipinski definition) is 2. The molecule has 0 saturated carbocycles. The highest BCUT2D eigenvalue weighted by Gasteiger charge is 2.11. The highest BCUT2D eigenvalue weighted by molar-refractivity contribution is 6.02. The van der Waals surface area contributed by atoms with Crippen LogP contribution in [0.5, 0.6) is 0 Å². The quantitative estimate of drug-likeness (QED) is 0.884. The van der Waals surface area contributed by atoms with Crippen LogP contribution in [-0.2, 0) is 11.2 Å². The molecule has 2 aromatic rings. The average molecular weight is 273 g/mol. The molecular weight excluding hydrogens is 258 g/mol. The molecule has 1 heterocycles. The van der Waals surface area contributed by atoms with E-state index in [1.807, 2.05) is 0 Å². The summed E-state index contributed by atoms with van der Waals surface area (Å²) in [7, 11) is 1.59. The van der Waals surface area contributed by atoms with Gasteiger partial charge in [-0.15, -0.1) is 0 Å². The van der Waals surface area contributed by atoms with Crippen LogP contribution >= 0.6 is 0 Å². The van der Waals surface area contributed by atoms with Crippen molar-refractivity contribution in [1.82, 2.24) is 10.5 Å². The summed E-state index contributed by atoms with van der Waals surface area (Å²) in [6.07, 6.45) is 0.313. The van der Waals surface area contributed by atoms with Gasteiger partial charge in [-0.1, -0.05) is 17.3 Å². The van der Waals surface area contributed by atoms with Crippen molar-refractivity contribution >= 4 is 17.5 Å². The summed E-state index contributed by atoms with van der Waals surface area (Å²) in [6, 6.07) is 8.62. The minimum absolute atomic E-state index is 0.0557. The fourth-order valence-electron chi connectivity index (χ4n) is 1.65. The fraction of sp³-hybridized carbons (Fsp3) is 0.214. The summed E-state index contributed by atoms with van der Waals surface area (Å²) >= 11 is 0. The zero-order valence-corrected chi connectivity index (χ0v) is 11.3. The monoisotopic (exact) mass is 273 g/mol. The van der Waals surface area contributed by atoms with Crippen LogP contribution in [0.25, 0.3) is 0 Å². The summed E-state index contributed by atoms with van der Waals surface area (Å²) < 4.78 is 4.84. The van der Waals surface area contributed by atoms with Gasteiger partial charge in [-0.3, -0.25) is 9.59 Å². The maximum absolute atomic E-state index is 11.8. The van der Waals surface area contributed by atoms with Gasteiger partial charge in [0.05, 0.1) is 6.42 Å². The maximum atomic E-state index is 11.8. The molecule has 2 rings (SSSR count). The molecule has 0 radical (unpaired) electrons. The van der Waals surface area contributed by atoms with E-state index in [0.717, 1.165) is 5.56 Å². The van der Waals surface area contributed by atoms with Gasteiger partial charge in [0.25, 0.3) is 5.91 Å². The number of anilines is 1. The lowest BCUT2D eigenvalue weighted by molar-refractivity contribution is -0.119. The van der Waals surface area contributed by atoms with E-state index in [2.05, 4.69) is 15.8 Å². The average Bonchev–Trinajstić information content (AvgIpc) is 2.87. The van der Waals surface area contributed by atoms with E-state index in [1.54, 1.807) is 44.3 Å². The smallest absolute Gasteiger partial charge is 0.277 e. The van der Waals surface area contributed by atoms with Crippen LogP contribution < -0.4 is 10.6 Å². The molecule has 0 saturated heterocycles. The normalized spacial score (nSPS) is 10.1. The molecule has 0 bridgehead atoms.